The number of carboxylic acids is 1. The standard InChI is InChI=1S/C29H30O5/c1-20-29(34-20,17-28(30)31)25-10-14-27(15-11-25)33-19-22-6-3-7-24(16-22)23-8-12-26(13-9-23)32-18-21-4-2-5-21/h3,6-16,20-21H,2,4-5,17-19H2,1H3,(H,30,31). The number of carboxylic acid groups (broad SMARTS) is 1. The number of hydrogen-bond donors (Lipinski definition) is 1. The number of aliphatic carboxylic acids is 1. The number of rotatable bonds is 10. The Morgan fingerprint density at radius 3 is 2.26 bits per heavy atom. The van der Waals surface area contributed by atoms with Crippen molar-refractivity contribution in [1.82, 2.24) is 0 Å². The van der Waals surface area contributed by atoms with Crippen molar-refractivity contribution in [2.24, 2.45) is 5.92 Å². The average Bonchev–Trinajstić information content (AvgIpc) is 3.46. The molecule has 1 aliphatic heterocycles. The van der Waals surface area contributed by atoms with Gasteiger partial charge >= 0.3 is 5.97 Å². The molecule has 2 unspecified atom stereocenters. The zero-order valence-electron chi connectivity index (χ0n) is 19.4. The van der Waals surface area contributed by atoms with Gasteiger partial charge in [-0.3, -0.25) is 4.79 Å². The van der Waals surface area contributed by atoms with Crippen LogP contribution in [0.25, 0.3) is 11.1 Å². The molecule has 1 aliphatic carbocycles. The van der Waals surface area contributed by atoms with Gasteiger partial charge in [-0.25, -0.2) is 0 Å². The van der Waals surface area contributed by atoms with Gasteiger partial charge in [-0.05, 0) is 78.3 Å². The summed E-state index contributed by atoms with van der Waals surface area (Å²) in [6.07, 6.45) is 3.78. The summed E-state index contributed by atoms with van der Waals surface area (Å²) in [4.78, 5) is 11.2. The zero-order chi connectivity index (χ0) is 23.5. The molecule has 1 N–H and O–H groups in total. The number of benzene rings is 3. The molecule has 2 aliphatic rings. The van der Waals surface area contributed by atoms with Crippen molar-refractivity contribution < 1.29 is 24.1 Å². The van der Waals surface area contributed by atoms with E-state index in [2.05, 4.69) is 30.3 Å². The van der Waals surface area contributed by atoms with E-state index < -0.39 is 11.6 Å². The highest BCUT2D eigenvalue weighted by Crippen LogP contribution is 2.49. The SMILES string of the molecule is CC1OC1(CC(=O)O)c1ccc(OCc2cccc(-c3ccc(OCC4CCC4)cc3)c2)cc1. The Bertz CT molecular complexity index is 1130. The largest absolute Gasteiger partial charge is 0.493 e. The van der Waals surface area contributed by atoms with Crippen LogP contribution in [0.3, 0.4) is 0 Å². The first-order chi connectivity index (χ1) is 16.5. The second-order valence-corrected chi connectivity index (χ2v) is 9.37. The molecule has 0 spiro atoms. The molecule has 3 aromatic rings. The van der Waals surface area contributed by atoms with Gasteiger partial charge in [-0.15, -0.1) is 0 Å². The molecule has 5 rings (SSSR count). The Hall–Kier alpha value is -3.31. The fourth-order valence-corrected chi connectivity index (χ4v) is 4.55. The van der Waals surface area contributed by atoms with Crippen LogP contribution >= 0.6 is 0 Å². The number of carbonyl (C=O) groups is 1. The lowest BCUT2D eigenvalue weighted by Crippen LogP contribution is -2.19. The van der Waals surface area contributed by atoms with Crippen molar-refractivity contribution in [3.05, 3.63) is 83.9 Å². The van der Waals surface area contributed by atoms with Crippen LogP contribution < -0.4 is 9.47 Å². The topological polar surface area (TPSA) is 68.3 Å². The molecule has 0 amide bonds. The fourth-order valence-electron chi connectivity index (χ4n) is 4.55. The lowest BCUT2D eigenvalue weighted by molar-refractivity contribution is -0.138. The number of ether oxygens (including phenoxy) is 3. The van der Waals surface area contributed by atoms with E-state index in [-0.39, 0.29) is 12.5 Å². The quantitative estimate of drug-likeness (QED) is 0.366. The smallest absolute Gasteiger partial charge is 0.306 e. The molecule has 2 fully saturated rings. The van der Waals surface area contributed by atoms with Gasteiger partial charge in [0.1, 0.15) is 23.7 Å². The average molecular weight is 459 g/mol. The third-order valence-electron chi connectivity index (χ3n) is 6.97. The number of epoxide rings is 1. The van der Waals surface area contributed by atoms with Crippen LogP contribution in [0.2, 0.25) is 0 Å². The molecular weight excluding hydrogens is 428 g/mol. The van der Waals surface area contributed by atoms with Gasteiger partial charge < -0.3 is 19.3 Å². The summed E-state index contributed by atoms with van der Waals surface area (Å²) in [5, 5.41) is 9.20. The molecule has 0 bridgehead atoms. The lowest BCUT2D eigenvalue weighted by Gasteiger charge is -2.25. The van der Waals surface area contributed by atoms with Gasteiger partial charge in [0.25, 0.3) is 0 Å². The third kappa shape index (κ3) is 4.95. The molecule has 1 saturated heterocycles. The molecule has 0 aromatic heterocycles. The molecule has 3 aromatic carbocycles. The van der Waals surface area contributed by atoms with Crippen molar-refractivity contribution in [3.63, 3.8) is 0 Å². The van der Waals surface area contributed by atoms with E-state index in [9.17, 15) is 9.90 Å². The van der Waals surface area contributed by atoms with Crippen LogP contribution in [0.5, 0.6) is 11.5 Å². The summed E-state index contributed by atoms with van der Waals surface area (Å²) in [5.74, 6) is 1.53. The molecule has 34 heavy (non-hydrogen) atoms. The maximum Gasteiger partial charge on any atom is 0.306 e. The van der Waals surface area contributed by atoms with Gasteiger partial charge in [-0.1, -0.05) is 48.9 Å². The van der Waals surface area contributed by atoms with Crippen molar-refractivity contribution in [2.45, 2.75) is 50.9 Å². The van der Waals surface area contributed by atoms with E-state index in [1.165, 1.54) is 19.3 Å². The molecule has 2 atom stereocenters. The van der Waals surface area contributed by atoms with E-state index in [0.717, 1.165) is 46.3 Å². The molecule has 176 valence electrons. The van der Waals surface area contributed by atoms with Crippen molar-refractivity contribution >= 4 is 5.97 Å². The molecule has 1 heterocycles. The van der Waals surface area contributed by atoms with Gasteiger partial charge in [0.2, 0.25) is 0 Å². The van der Waals surface area contributed by atoms with E-state index in [1.807, 2.05) is 49.4 Å². The van der Waals surface area contributed by atoms with Crippen LogP contribution in [0.1, 0.15) is 43.7 Å². The first-order valence-electron chi connectivity index (χ1n) is 12.0. The second kappa shape index (κ2) is 9.51. The molecular formula is C29H30O5. The minimum absolute atomic E-state index is 0.0330. The summed E-state index contributed by atoms with van der Waals surface area (Å²) in [7, 11) is 0. The van der Waals surface area contributed by atoms with Crippen molar-refractivity contribution in [2.75, 3.05) is 6.61 Å². The minimum atomic E-state index is -0.861. The second-order valence-electron chi connectivity index (χ2n) is 9.37. The molecule has 5 heteroatoms. The van der Waals surface area contributed by atoms with E-state index in [1.54, 1.807) is 0 Å². The first-order valence-corrected chi connectivity index (χ1v) is 12.0. The van der Waals surface area contributed by atoms with Crippen LogP contribution in [-0.4, -0.2) is 23.8 Å². The predicted octanol–water partition coefficient (Wildman–Crippen LogP) is 6.20. The van der Waals surface area contributed by atoms with Crippen LogP contribution in [0.4, 0.5) is 0 Å². The minimum Gasteiger partial charge on any atom is -0.493 e. The lowest BCUT2D eigenvalue weighted by atomic mass is 9.86. The Morgan fingerprint density at radius 2 is 1.65 bits per heavy atom. The summed E-state index contributed by atoms with van der Waals surface area (Å²) < 4.78 is 17.5. The molecule has 0 radical (unpaired) electrons. The zero-order valence-corrected chi connectivity index (χ0v) is 19.4. The van der Waals surface area contributed by atoms with Gasteiger partial charge in [0, 0.05) is 0 Å². The summed E-state index contributed by atoms with van der Waals surface area (Å²) >= 11 is 0. The Balaban J connectivity index is 1.19. The summed E-state index contributed by atoms with van der Waals surface area (Å²) in [6, 6.07) is 24.2. The van der Waals surface area contributed by atoms with Gasteiger partial charge in [0.15, 0.2) is 0 Å². The highest BCUT2D eigenvalue weighted by atomic mass is 16.6. The summed E-state index contributed by atoms with van der Waals surface area (Å²) in [6.45, 7) is 3.17. The Kier molecular flexibility index (Phi) is 6.29. The van der Waals surface area contributed by atoms with Crippen LogP contribution in [0, 0.1) is 5.92 Å². The predicted molar refractivity (Wildman–Crippen MR) is 130 cm³/mol. The monoisotopic (exact) mass is 458 g/mol. The maximum absolute atomic E-state index is 11.2. The highest BCUT2D eigenvalue weighted by molar-refractivity contribution is 5.69. The number of hydrogen-bond acceptors (Lipinski definition) is 4. The van der Waals surface area contributed by atoms with Gasteiger partial charge in [0.05, 0.1) is 19.1 Å². The summed E-state index contributed by atoms with van der Waals surface area (Å²) in [5.41, 5.74) is 3.52. The molecule has 1 saturated carbocycles. The van der Waals surface area contributed by atoms with Crippen LogP contribution in [0.15, 0.2) is 72.8 Å². The van der Waals surface area contributed by atoms with Crippen molar-refractivity contribution in [3.8, 4) is 22.6 Å². The fraction of sp³-hybridized carbons (Fsp3) is 0.345. The normalized spacial score (nSPS) is 21.5. The Labute approximate surface area is 200 Å². The maximum atomic E-state index is 11.2. The van der Waals surface area contributed by atoms with Crippen LogP contribution in [-0.2, 0) is 21.7 Å². The van der Waals surface area contributed by atoms with E-state index >= 15 is 0 Å². The van der Waals surface area contributed by atoms with E-state index in [4.69, 9.17) is 14.2 Å². The highest BCUT2D eigenvalue weighted by Gasteiger charge is 2.56. The van der Waals surface area contributed by atoms with Gasteiger partial charge in [-0.2, -0.15) is 0 Å². The Morgan fingerprint density at radius 1 is 0.971 bits per heavy atom. The molecule has 5 nitrogen and oxygen atoms in total. The first kappa shape index (κ1) is 22.5. The van der Waals surface area contributed by atoms with E-state index in [0.29, 0.717) is 6.61 Å². The third-order valence-corrected chi connectivity index (χ3v) is 6.97. The van der Waals surface area contributed by atoms with Crippen molar-refractivity contribution in [1.29, 1.82) is 0 Å².